The van der Waals surface area contributed by atoms with E-state index in [1.54, 1.807) is 5.38 Å². The van der Waals surface area contributed by atoms with Crippen molar-refractivity contribution in [3.8, 4) is 0 Å². The van der Waals surface area contributed by atoms with Gasteiger partial charge in [-0.3, -0.25) is 0 Å². The van der Waals surface area contributed by atoms with Crippen LogP contribution in [0.3, 0.4) is 0 Å². The van der Waals surface area contributed by atoms with Crippen molar-refractivity contribution in [2.45, 2.75) is 19.4 Å². The van der Waals surface area contributed by atoms with Gasteiger partial charge in [0.2, 0.25) is 0 Å². The van der Waals surface area contributed by atoms with Crippen molar-refractivity contribution < 1.29 is 9.90 Å². The number of hydrogen-bond acceptors (Lipinski definition) is 5. The quantitative estimate of drug-likeness (QED) is 0.865. The molecular weight excluding hydrogens is 238 g/mol. The van der Waals surface area contributed by atoms with E-state index < -0.39 is 5.97 Å². The van der Waals surface area contributed by atoms with Gasteiger partial charge in [0.05, 0.1) is 0 Å². The van der Waals surface area contributed by atoms with E-state index in [0.29, 0.717) is 6.04 Å². The average Bonchev–Trinajstić information content (AvgIpc) is 2.67. The van der Waals surface area contributed by atoms with Crippen LogP contribution >= 0.6 is 11.3 Å². The molecule has 0 radical (unpaired) electrons. The van der Waals surface area contributed by atoms with Gasteiger partial charge in [0.15, 0.2) is 10.8 Å². The molecule has 1 aromatic heterocycles. The van der Waals surface area contributed by atoms with Crippen LogP contribution in [0.4, 0.5) is 5.13 Å². The number of rotatable bonds is 2. The zero-order chi connectivity index (χ0) is 12.4. The number of carbonyl (C=O) groups is 1. The molecule has 1 saturated heterocycles. The van der Waals surface area contributed by atoms with Gasteiger partial charge < -0.3 is 14.9 Å². The predicted octanol–water partition coefficient (Wildman–Crippen LogP) is 1.37. The van der Waals surface area contributed by atoms with E-state index in [9.17, 15) is 4.79 Å². The van der Waals surface area contributed by atoms with Crippen molar-refractivity contribution in [1.82, 2.24) is 9.88 Å². The Balaban J connectivity index is 2.16. The molecule has 0 bridgehead atoms. The number of hydrogen-bond donors (Lipinski definition) is 1. The van der Waals surface area contributed by atoms with Crippen molar-refractivity contribution >= 4 is 22.4 Å². The summed E-state index contributed by atoms with van der Waals surface area (Å²) >= 11 is 1.41. The van der Waals surface area contributed by atoms with Crippen LogP contribution in [0.1, 0.15) is 23.8 Å². The van der Waals surface area contributed by atoms with Gasteiger partial charge in [0, 0.05) is 24.5 Å². The van der Waals surface area contributed by atoms with Crippen LogP contribution in [0.15, 0.2) is 5.38 Å². The molecule has 17 heavy (non-hydrogen) atoms. The fourth-order valence-electron chi connectivity index (χ4n) is 2.15. The first-order chi connectivity index (χ1) is 8.08. The lowest BCUT2D eigenvalue weighted by Gasteiger charge is -2.27. The van der Waals surface area contributed by atoms with Crippen LogP contribution in [0.5, 0.6) is 0 Å². The van der Waals surface area contributed by atoms with Crippen LogP contribution in [0.25, 0.3) is 0 Å². The summed E-state index contributed by atoms with van der Waals surface area (Å²) in [6.45, 7) is 5.17. The number of anilines is 1. The number of carboxylic acid groups (broad SMARTS) is 1. The molecule has 1 aromatic rings. The van der Waals surface area contributed by atoms with Gasteiger partial charge in [0.1, 0.15) is 0 Å². The molecule has 0 spiro atoms. The van der Waals surface area contributed by atoms with Crippen molar-refractivity contribution in [1.29, 1.82) is 0 Å². The first kappa shape index (κ1) is 12.3. The number of aromatic carboxylic acids is 1. The van der Waals surface area contributed by atoms with Crippen LogP contribution in [-0.4, -0.2) is 53.7 Å². The standard InChI is InChI=1S/C11H17N3O2S/c1-8-6-13(2)4-3-5-14(8)11-12-9(7-17-11)10(15)16/h7-8H,3-6H2,1-2H3,(H,15,16). The van der Waals surface area contributed by atoms with Crippen LogP contribution in [0, 0.1) is 0 Å². The Morgan fingerprint density at radius 1 is 1.59 bits per heavy atom. The summed E-state index contributed by atoms with van der Waals surface area (Å²) < 4.78 is 0. The molecule has 1 fully saturated rings. The minimum absolute atomic E-state index is 0.148. The third-order valence-corrected chi connectivity index (χ3v) is 3.88. The average molecular weight is 255 g/mol. The first-order valence-electron chi connectivity index (χ1n) is 5.72. The zero-order valence-electron chi connectivity index (χ0n) is 10.1. The summed E-state index contributed by atoms with van der Waals surface area (Å²) in [7, 11) is 2.12. The van der Waals surface area contributed by atoms with Crippen molar-refractivity contribution in [2.75, 3.05) is 31.6 Å². The molecule has 0 aromatic carbocycles. The maximum Gasteiger partial charge on any atom is 0.355 e. The number of carboxylic acids is 1. The molecule has 1 atom stereocenters. The first-order valence-corrected chi connectivity index (χ1v) is 6.60. The third kappa shape index (κ3) is 2.76. The highest BCUT2D eigenvalue weighted by molar-refractivity contribution is 7.13. The molecular formula is C11H17N3O2S. The molecule has 2 heterocycles. The highest BCUT2D eigenvalue weighted by Gasteiger charge is 2.22. The minimum Gasteiger partial charge on any atom is -0.476 e. The van der Waals surface area contributed by atoms with Gasteiger partial charge in [-0.2, -0.15) is 0 Å². The molecule has 2 rings (SSSR count). The Hall–Kier alpha value is -1.14. The molecule has 1 N–H and O–H groups in total. The van der Waals surface area contributed by atoms with E-state index in [-0.39, 0.29) is 5.69 Å². The van der Waals surface area contributed by atoms with E-state index in [0.717, 1.165) is 31.2 Å². The Morgan fingerprint density at radius 3 is 3.00 bits per heavy atom. The second-order valence-electron chi connectivity index (χ2n) is 4.48. The third-order valence-electron chi connectivity index (χ3n) is 3.00. The Bertz CT molecular complexity index is 407. The summed E-state index contributed by atoms with van der Waals surface area (Å²) in [5, 5.41) is 11.3. The van der Waals surface area contributed by atoms with Gasteiger partial charge in [-0.05, 0) is 26.9 Å². The zero-order valence-corrected chi connectivity index (χ0v) is 10.9. The normalized spacial score (nSPS) is 22.5. The fourth-order valence-corrected chi connectivity index (χ4v) is 3.08. The highest BCUT2D eigenvalue weighted by Crippen LogP contribution is 2.24. The minimum atomic E-state index is -0.952. The fraction of sp³-hybridized carbons (Fsp3) is 0.636. The van der Waals surface area contributed by atoms with Gasteiger partial charge in [-0.15, -0.1) is 11.3 Å². The lowest BCUT2D eigenvalue weighted by atomic mass is 10.3. The van der Waals surface area contributed by atoms with Crippen LogP contribution < -0.4 is 4.90 Å². The monoisotopic (exact) mass is 255 g/mol. The predicted molar refractivity (Wildman–Crippen MR) is 68.0 cm³/mol. The largest absolute Gasteiger partial charge is 0.476 e. The van der Waals surface area contributed by atoms with Gasteiger partial charge >= 0.3 is 5.97 Å². The summed E-state index contributed by atoms with van der Waals surface area (Å²) in [5.74, 6) is -0.952. The Kier molecular flexibility index (Phi) is 3.63. The van der Waals surface area contributed by atoms with Gasteiger partial charge in [-0.25, -0.2) is 9.78 Å². The maximum atomic E-state index is 10.8. The van der Waals surface area contributed by atoms with Gasteiger partial charge in [0.25, 0.3) is 0 Å². The molecule has 1 aliphatic heterocycles. The summed E-state index contributed by atoms with van der Waals surface area (Å²) in [6.07, 6.45) is 1.09. The van der Waals surface area contributed by atoms with Crippen molar-refractivity contribution in [3.05, 3.63) is 11.1 Å². The molecule has 1 aliphatic rings. The number of nitrogens with zero attached hydrogens (tertiary/aromatic N) is 3. The Morgan fingerprint density at radius 2 is 2.35 bits per heavy atom. The highest BCUT2D eigenvalue weighted by atomic mass is 32.1. The molecule has 0 aliphatic carbocycles. The van der Waals surface area contributed by atoms with Crippen LogP contribution in [-0.2, 0) is 0 Å². The number of likely N-dealkylation sites (N-methyl/N-ethyl adjacent to an activating group) is 1. The molecule has 5 nitrogen and oxygen atoms in total. The summed E-state index contributed by atoms with van der Waals surface area (Å²) in [6, 6.07) is 0.371. The second-order valence-corrected chi connectivity index (χ2v) is 5.32. The second kappa shape index (κ2) is 5.01. The summed E-state index contributed by atoms with van der Waals surface area (Å²) in [4.78, 5) is 19.5. The van der Waals surface area contributed by atoms with E-state index >= 15 is 0 Å². The lowest BCUT2D eigenvalue weighted by molar-refractivity contribution is 0.0691. The van der Waals surface area contributed by atoms with Crippen LogP contribution in [0.2, 0.25) is 0 Å². The number of aromatic nitrogens is 1. The van der Waals surface area contributed by atoms with Gasteiger partial charge in [-0.1, -0.05) is 0 Å². The van der Waals surface area contributed by atoms with E-state index in [4.69, 9.17) is 5.11 Å². The summed E-state index contributed by atoms with van der Waals surface area (Å²) in [5.41, 5.74) is 0.148. The van der Waals surface area contributed by atoms with Crippen molar-refractivity contribution in [2.24, 2.45) is 0 Å². The molecule has 94 valence electrons. The SMILES string of the molecule is CC1CN(C)CCCN1c1nc(C(=O)O)cs1. The van der Waals surface area contributed by atoms with E-state index in [1.807, 2.05) is 0 Å². The maximum absolute atomic E-state index is 10.8. The smallest absolute Gasteiger partial charge is 0.355 e. The number of thiazole rings is 1. The molecule has 1 unspecified atom stereocenters. The molecule has 0 saturated carbocycles. The lowest BCUT2D eigenvalue weighted by Crippen LogP contribution is -2.37. The Labute approximate surface area is 105 Å². The van der Waals surface area contributed by atoms with E-state index in [2.05, 4.69) is 28.8 Å². The molecule has 6 heteroatoms. The topological polar surface area (TPSA) is 56.7 Å². The van der Waals surface area contributed by atoms with Crippen molar-refractivity contribution in [3.63, 3.8) is 0 Å². The van der Waals surface area contributed by atoms with E-state index in [1.165, 1.54) is 11.3 Å². The molecule has 0 amide bonds.